The summed E-state index contributed by atoms with van der Waals surface area (Å²) < 4.78 is 47.6. The highest BCUT2D eigenvalue weighted by Crippen LogP contribution is 2.45. The zero-order chi connectivity index (χ0) is 22.9. The van der Waals surface area contributed by atoms with Crippen molar-refractivity contribution in [3.8, 4) is 11.5 Å². The summed E-state index contributed by atoms with van der Waals surface area (Å²) in [5.74, 6) is -2.95. The summed E-state index contributed by atoms with van der Waals surface area (Å²) in [4.78, 5) is 37.3. The van der Waals surface area contributed by atoms with Crippen LogP contribution in [-0.2, 0) is 15.8 Å². The average molecular weight is 437 g/mol. The molecule has 3 aromatic rings. The topological polar surface area (TPSA) is 63.7 Å². The first kappa shape index (κ1) is 21.0. The highest BCUT2D eigenvalue weighted by molar-refractivity contribution is 6.28. The van der Waals surface area contributed by atoms with E-state index in [1.807, 2.05) is 0 Å². The van der Waals surface area contributed by atoms with E-state index in [4.69, 9.17) is 4.74 Å². The van der Waals surface area contributed by atoms with E-state index in [-0.39, 0.29) is 11.3 Å². The third-order valence-electron chi connectivity index (χ3n) is 4.73. The first-order valence-corrected chi connectivity index (χ1v) is 9.40. The Morgan fingerprint density at radius 2 is 1.34 bits per heavy atom. The van der Waals surface area contributed by atoms with Crippen molar-refractivity contribution in [2.24, 2.45) is 0 Å². The Kier molecular flexibility index (Phi) is 5.36. The van der Waals surface area contributed by atoms with E-state index in [2.05, 4.69) is 0 Å². The number of ketones is 1. The van der Waals surface area contributed by atoms with Gasteiger partial charge >= 0.3 is 6.18 Å². The molecule has 0 spiro atoms. The smallest absolute Gasteiger partial charge is 0.422 e. The van der Waals surface area contributed by atoms with E-state index in [1.165, 1.54) is 24.3 Å². The van der Waals surface area contributed by atoms with Gasteiger partial charge in [-0.3, -0.25) is 14.4 Å². The summed E-state index contributed by atoms with van der Waals surface area (Å²) >= 11 is 0. The predicted octanol–water partition coefficient (Wildman–Crippen LogP) is 5.16. The third-order valence-corrected chi connectivity index (χ3v) is 4.73. The number of benzene rings is 3. The van der Waals surface area contributed by atoms with Crippen molar-refractivity contribution < 1.29 is 32.3 Å². The van der Waals surface area contributed by atoms with Gasteiger partial charge in [0.1, 0.15) is 17.1 Å². The van der Waals surface area contributed by atoms with Crippen LogP contribution in [0.4, 0.5) is 18.9 Å². The summed E-state index contributed by atoms with van der Waals surface area (Å²) in [6.45, 7) is 0. The molecule has 1 aliphatic rings. The van der Waals surface area contributed by atoms with Crippen LogP contribution in [0.15, 0.2) is 84.9 Å². The average Bonchev–Trinajstić information content (AvgIpc) is 3.11. The van der Waals surface area contributed by atoms with Gasteiger partial charge in [-0.2, -0.15) is 13.2 Å². The predicted molar refractivity (Wildman–Crippen MR) is 109 cm³/mol. The minimum Gasteiger partial charge on any atom is -0.456 e. The SMILES string of the molecule is O=C(c1ccccc1)c1ccccc1Oc1cccc(N2C(=O)C=CC2=O)c1C(F)(F)F. The van der Waals surface area contributed by atoms with E-state index >= 15 is 0 Å². The molecule has 0 atom stereocenters. The molecule has 0 N–H and O–H groups in total. The third kappa shape index (κ3) is 3.90. The number of imide groups is 1. The highest BCUT2D eigenvalue weighted by Gasteiger charge is 2.41. The van der Waals surface area contributed by atoms with Crippen LogP contribution in [0, 0.1) is 0 Å². The van der Waals surface area contributed by atoms with Gasteiger partial charge in [-0.05, 0) is 24.3 Å². The van der Waals surface area contributed by atoms with Crippen LogP contribution in [0.5, 0.6) is 11.5 Å². The van der Waals surface area contributed by atoms with Gasteiger partial charge in [0.25, 0.3) is 11.8 Å². The summed E-state index contributed by atoms with van der Waals surface area (Å²) in [6, 6.07) is 17.4. The number of amides is 2. The number of nitrogens with zero attached hydrogens (tertiary/aromatic N) is 1. The second-order valence-corrected chi connectivity index (χ2v) is 6.79. The Balaban J connectivity index is 1.80. The molecule has 32 heavy (non-hydrogen) atoms. The van der Waals surface area contributed by atoms with Crippen LogP contribution in [0.2, 0.25) is 0 Å². The second kappa shape index (κ2) is 8.14. The Morgan fingerprint density at radius 1 is 0.750 bits per heavy atom. The highest BCUT2D eigenvalue weighted by atomic mass is 19.4. The quantitative estimate of drug-likeness (QED) is 0.409. The van der Waals surface area contributed by atoms with Gasteiger partial charge in [0, 0.05) is 17.7 Å². The lowest BCUT2D eigenvalue weighted by molar-refractivity contribution is -0.138. The molecule has 3 aromatic carbocycles. The summed E-state index contributed by atoms with van der Waals surface area (Å²) in [7, 11) is 0. The van der Waals surface area contributed by atoms with Crippen LogP contribution in [0.3, 0.4) is 0 Å². The van der Waals surface area contributed by atoms with Crippen LogP contribution in [-0.4, -0.2) is 17.6 Å². The summed E-state index contributed by atoms with van der Waals surface area (Å²) in [5, 5.41) is 0. The fraction of sp³-hybridized carbons (Fsp3) is 0.0417. The summed E-state index contributed by atoms with van der Waals surface area (Å²) in [6.07, 6.45) is -3.17. The molecule has 1 aliphatic heterocycles. The van der Waals surface area contributed by atoms with Gasteiger partial charge in [-0.25, -0.2) is 4.90 Å². The standard InChI is InChI=1S/C24H14F3NO4/c25-24(26,27)22-17(28-20(29)13-14-21(28)30)10-6-12-19(22)32-18-11-5-4-9-16(18)23(31)15-7-2-1-3-8-15/h1-14H. The van der Waals surface area contributed by atoms with Crippen LogP contribution in [0.1, 0.15) is 21.5 Å². The molecule has 0 saturated carbocycles. The Bertz CT molecular complexity index is 1230. The normalized spacial score (nSPS) is 13.5. The molecule has 0 aliphatic carbocycles. The van der Waals surface area contributed by atoms with Crippen molar-refractivity contribution >= 4 is 23.3 Å². The van der Waals surface area contributed by atoms with Crippen molar-refractivity contribution in [2.45, 2.75) is 6.18 Å². The van der Waals surface area contributed by atoms with Crippen molar-refractivity contribution in [2.75, 3.05) is 4.90 Å². The van der Waals surface area contributed by atoms with Gasteiger partial charge in [0.05, 0.1) is 11.3 Å². The van der Waals surface area contributed by atoms with Crippen molar-refractivity contribution in [1.82, 2.24) is 0 Å². The van der Waals surface area contributed by atoms with Crippen LogP contribution >= 0.6 is 0 Å². The maximum atomic E-state index is 14.0. The Morgan fingerprint density at radius 3 is 2.00 bits per heavy atom. The number of alkyl halides is 3. The maximum absolute atomic E-state index is 14.0. The number of hydrogen-bond acceptors (Lipinski definition) is 4. The minimum atomic E-state index is -4.95. The number of para-hydroxylation sites is 1. The molecule has 0 bridgehead atoms. The lowest BCUT2D eigenvalue weighted by atomic mass is 10.0. The zero-order valence-corrected chi connectivity index (χ0v) is 16.3. The summed E-state index contributed by atoms with van der Waals surface area (Å²) in [5.41, 5.74) is -1.55. The number of anilines is 1. The molecular formula is C24H14F3NO4. The molecule has 0 unspecified atom stereocenters. The Labute approximate surface area is 180 Å². The van der Waals surface area contributed by atoms with Gasteiger partial charge in [-0.15, -0.1) is 0 Å². The maximum Gasteiger partial charge on any atom is 0.422 e. The first-order chi connectivity index (χ1) is 15.3. The largest absolute Gasteiger partial charge is 0.456 e. The van der Waals surface area contributed by atoms with Gasteiger partial charge in [-0.1, -0.05) is 48.5 Å². The molecular weight excluding hydrogens is 423 g/mol. The molecule has 8 heteroatoms. The van der Waals surface area contributed by atoms with Crippen LogP contribution in [0.25, 0.3) is 0 Å². The molecule has 4 rings (SSSR count). The minimum absolute atomic E-state index is 0.0622. The molecule has 2 amide bonds. The number of carbonyl (C=O) groups excluding carboxylic acids is 3. The van der Waals surface area contributed by atoms with Crippen LogP contribution < -0.4 is 9.64 Å². The fourth-order valence-electron chi connectivity index (χ4n) is 3.32. The number of hydrogen-bond donors (Lipinski definition) is 0. The van der Waals surface area contributed by atoms with Crippen molar-refractivity contribution in [3.63, 3.8) is 0 Å². The number of rotatable bonds is 5. The van der Waals surface area contributed by atoms with Gasteiger partial charge in [0.2, 0.25) is 0 Å². The lowest BCUT2D eigenvalue weighted by Gasteiger charge is -2.22. The molecule has 5 nitrogen and oxygen atoms in total. The van der Waals surface area contributed by atoms with E-state index in [9.17, 15) is 27.6 Å². The number of halogens is 3. The van der Waals surface area contributed by atoms with E-state index in [0.717, 1.165) is 24.3 Å². The van der Waals surface area contributed by atoms with Crippen molar-refractivity contribution in [3.05, 3.63) is 102 Å². The van der Waals surface area contributed by atoms with E-state index < -0.39 is 40.8 Å². The molecule has 0 saturated heterocycles. The molecule has 0 aromatic heterocycles. The molecule has 160 valence electrons. The van der Waals surface area contributed by atoms with Crippen molar-refractivity contribution in [1.29, 1.82) is 0 Å². The monoisotopic (exact) mass is 437 g/mol. The molecule has 1 heterocycles. The second-order valence-electron chi connectivity index (χ2n) is 6.79. The van der Waals surface area contributed by atoms with E-state index in [0.29, 0.717) is 10.5 Å². The Hall–Kier alpha value is -4.20. The first-order valence-electron chi connectivity index (χ1n) is 9.40. The van der Waals surface area contributed by atoms with Gasteiger partial charge in [0.15, 0.2) is 5.78 Å². The zero-order valence-electron chi connectivity index (χ0n) is 16.3. The lowest BCUT2D eigenvalue weighted by Crippen LogP contribution is -2.31. The number of carbonyl (C=O) groups is 3. The van der Waals surface area contributed by atoms with E-state index in [1.54, 1.807) is 36.4 Å². The molecule has 0 fully saturated rings. The number of ether oxygens (including phenoxy) is 1. The van der Waals surface area contributed by atoms with Gasteiger partial charge < -0.3 is 4.74 Å². The molecule has 0 radical (unpaired) electrons. The fourth-order valence-corrected chi connectivity index (χ4v) is 3.32.